The Bertz CT molecular complexity index is 619. The summed E-state index contributed by atoms with van der Waals surface area (Å²) in [6.07, 6.45) is 0. The molecule has 0 aliphatic rings. The summed E-state index contributed by atoms with van der Waals surface area (Å²) in [5, 5.41) is 0. The van der Waals surface area contributed by atoms with Crippen LogP contribution >= 0.6 is 0 Å². The zero-order valence-electron chi connectivity index (χ0n) is 10.4. The normalized spacial score (nSPS) is 10.3. The Labute approximate surface area is 114 Å². The van der Waals surface area contributed by atoms with Crippen LogP contribution in [0.4, 0.5) is 8.78 Å². The van der Waals surface area contributed by atoms with E-state index in [9.17, 15) is 13.6 Å². The molecule has 6 heteroatoms. The van der Waals surface area contributed by atoms with E-state index >= 15 is 0 Å². The summed E-state index contributed by atoms with van der Waals surface area (Å²) in [5.41, 5.74) is 11.0. The SMILES string of the molecule is NCc1cc(F)c(Oc2ccc(C(N)=O)cc2)c(F)c1. The number of ether oxygens (including phenoxy) is 1. The molecule has 0 unspecified atom stereocenters. The smallest absolute Gasteiger partial charge is 0.248 e. The highest BCUT2D eigenvalue weighted by molar-refractivity contribution is 5.92. The van der Waals surface area contributed by atoms with Gasteiger partial charge in [-0.15, -0.1) is 0 Å². The fourth-order valence-electron chi connectivity index (χ4n) is 1.63. The highest BCUT2D eigenvalue weighted by atomic mass is 19.1. The molecule has 2 rings (SSSR count). The zero-order chi connectivity index (χ0) is 14.7. The molecule has 0 aliphatic heterocycles. The third-order valence-corrected chi connectivity index (χ3v) is 2.65. The van der Waals surface area contributed by atoms with Crippen LogP contribution < -0.4 is 16.2 Å². The summed E-state index contributed by atoms with van der Waals surface area (Å²) in [6, 6.07) is 7.82. The number of halogens is 2. The molecule has 0 saturated carbocycles. The van der Waals surface area contributed by atoms with Crippen molar-refractivity contribution in [1.29, 1.82) is 0 Å². The van der Waals surface area contributed by atoms with E-state index in [0.29, 0.717) is 5.56 Å². The number of hydrogen-bond donors (Lipinski definition) is 2. The molecule has 2 aromatic rings. The molecule has 0 bridgehead atoms. The number of hydrogen-bond acceptors (Lipinski definition) is 3. The predicted molar refractivity (Wildman–Crippen MR) is 69.3 cm³/mol. The zero-order valence-corrected chi connectivity index (χ0v) is 10.4. The number of carbonyl (C=O) groups excluding carboxylic acids is 1. The van der Waals surface area contributed by atoms with Crippen LogP contribution in [0.25, 0.3) is 0 Å². The van der Waals surface area contributed by atoms with Gasteiger partial charge in [0.2, 0.25) is 5.91 Å². The first kappa shape index (κ1) is 14.0. The molecule has 0 aliphatic carbocycles. The quantitative estimate of drug-likeness (QED) is 0.900. The van der Waals surface area contributed by atoms with Crippen molar-refractivity contribution in [2.24, 2.45) is 11.5 Å². The molecular formula is C14H12F2N2O2. The molecule has 0 radical (unpaired) electrons. The number of carbonyl (C=O) groups is 1. The van der Waals surface area contributed by atoms with Gasteiger partial charge in [-0.1, -0.05) is 0 Å². The molecule has 0 aromatic heterocycles. The van der Waals surface area contributed by atoms with Gasteiger partial charge in [-0.05, 0) is 42.0 Å². The van der Waals surface area contributed by atoms with Gasteiger partial charge in [0.05, 0.1) is 0 Å². The van der Waals surface area contributed by atoms with E-state index in [1.807, 2.05) is 0 Å². The Kier molecular flexibility index (Phi) is 3.95. The van der Waals surface area contributed by atoms with Crippen LogP contribution in [0.3, 0.4) is 0 Å². The lowest BCUT2D eigenvalue weighted by atomic mass is 10.2. The van der Waals surface area contributed by atoms with E-state index in [1.165, 1.54) is 24.3 Å². The van der Waals surface area contributed by atoms with Crippen molar-refractivity contribution in [2.45, 2.75) is 6.54 Å². The average Bonchev–Trinajstić information content (AvgIpc) is 2.43. The van der Waals surface area contributed by atoms with Crippen molar-refractivity contribution in [3.8, 4) is 11.5 Å². The lowest BCUT2D eigenvalue weighted by molar-refractivity contribution is 0.100. The van der Waals surface area contributed by atoms with Gasteiger partial charge in [0.1, 0.15) is 5.75 Å². The maximum atomic E-state index is 13.7. The van der Waals surface area contributed by atoms with Crippen molar-refractivity contribution in [1.82, 2.24) is 0 Å². The number of nitrogens with two attached hydrogens (primary N) is 2. The minimum absolute atomic E-state index is 0.0292. The Morgan fingerprint density at radius 3 is 2.10 bits per heavy atom. The third-order valence-electron chi connectivity index (χ3n) is 2.65. The molecule has 4 nitrogen and oxygen atoms in total. The minimum atomic E-state index is -0.843. The molecule has 0 heterocycles. The predicted octanol–water partition coefficient (Wildman–Crippen LogP) is 2.31. The summed E-state index contributed by atoms with van der Waals surface area (Å²) >= 11 is 0. The molecular weight excluding hydrogens is 266 g/mol. The van der Waals surface area contributed by atoms with Crippen LogP contribution in [0.15, 0.2) is 36.4 Å². The van der Waals surface area contributed by atoms with Crippen molar-refractivity contribution in [2.75, 3.05) is 0 Å². The van der Waals surface area contributed by atoms with E-state index in [2.05, 4.69) is 0 Å². The first-order chi connectivity index (χ1) is 9.51. The Balaban J connectivity index is 2.28. The van der Waals surface area contributed by atoms with Gasteiger partial charge < -0.3 is 16.2 Å². The molecule has 20 heavy (non-hydrogen) atoms. The summed E-state index contributed by atoms with van der Waals surface area (Å²) in [7, 11) is 0. The fraction of sp³-hybridized carbons (Fsp3) is 0.0714. The van der Waals surface area contributed by atoms with Crippen LogP contribution in [0.2, 0.25) is 0 Å². The Morgan fingerprint density at radius 1 is 1.10 bits per heavy atom. The summed E-state index contributed by atoms with van der Waals surface area (Å²) in [5.74, 6) is -2.61. The van der Waals surface area contributed by atoms with Gasteiger partial charge in [-0.25, -0.2) is 8.78 Å². The van der Waals surface area contributed by atoms with Gasteiger partial charge in [0.25, 0.3) is 0 Å². The topological polar surface area (TPSA) is 78.3 Å². The highest BCUT2D eigenvalue weighted by Crippen LogP contribution is 2.28. The number of primary amides is 1. The number of rotatable bonds is 4. The monoisotopic (exact) mass is 278 g/mol. The van der Waals surface area contributed by atoms with Crippen molar-refractivity contribution in [3.63, 3.8) is 0 Å². The lowest BCUT2D eigenvalue weighted by Crippen LogP contribution is -2.10. The first-order valence-corrected chi connectivity index (χ1v) is 5.77. The largest absolute Gasteiger partial charge is 0.451 e. The van der Waals surface area contributed by atoms with Crippen molar-refractivity contribution >= 4 is 5.91 Å². The summed E-state index contributed by atoms with van der Waals surface area (Å²) < 4.78 is 32.5. The minimum Gasteiger partial charge on any atom is -0.451 e. The van der Waals surface area contributed by atoms with Crippen molar-refractivity contribution in [3.05, 3.63) is 59.2 Å². The van der Waals surface area contributed by atoms with Crippen molar-refractivity contribution < 1.29 is 18.3 Å². The van der Waals surface area contributed by atoms with Crippen LogP contribution in [-0.4, -0.2) is 5.91 Å². The van der Waals surface area contributed by atoms with Crippen LogP contribution in [-0.2, 0) is 6.54 Å². The van der Waals surface area contributed by atoms with E-state index in [0.717, 1.165) is 12.1 Å². The maximum absolute atomic E-state index is 13.7. The van der Waals surface area contributed by atoms with E-state index in [1.54, 1.807) is 0 Å². The molecule has 0 fully saturated rings. The highest BCUT2D eigenvalue weighted by Gasteiger charge is 2.13. The summed E-state index contributed by atoms with van der Waals surface area (Å²) in [6.45, 7) is 0.0292. The second-order valence-electron chi connectivity index (χ2n) is 4.08. The molecule has 0 atom stereocenters. The second kappa shape index (κ2) is 5.66. The van der Waals surface area contributed by atoms with Crippen LogP contribution in [0.1, 0.15) is 15.9 Å². The molecule has 104 valence electrons. The average molecular weight is 278 g/mol. The molecule has 1 amide bonds. The van der Waals surface area contributed by atoms with E-state index in [4.69, 9.17) is 16.2 Å². The van der Waals surface area contributed by atoms with E-state index in [-0.39, 0.29) is 17.9 Å². The summed E-state index contributed by atoms with van der Waals surface area (Å²) in [4.78, 5) is 10.9. The first-order valence-electron chi connectivity index (χ1n) is 5.77. The molecule has 4 N–H and O–H groups in total. The van der Waals surface area contributed by atoms with Crippen LogP contribution in [0, 0.1) is 11.6 Å². The van der Waals surface area contributed by atoms with Gasteiger partial charge in [-0.2, -0.15) is 0 Å². The molecule has 0 spiro atoms. The number of benzene rings is 2. The third kappa shape index (κ3) is 2.92. The van der Waals surface area contributed by atoms with Gasteiger partial charge >= 0.3 is 0 Å². The molecule has 2 aromatic carbocycles. The fourth-order valence-corrected chi connectivity index (χ4v) is 1.63. The van der Waals surface area contributed by atoms with Gasteiger partial charge in [-0.3, -0.25) is 4.79 Å². The second-order valence-corrected chi connectivity index (χ2v) is 4.08. The Morgan fingerprint density at radius 2 is 1.65 bits per heavy atom. The number of amides is 1. The standard InChI is InChI=1S/C14H12F2N2O2/c15-11-5-8(7-17)6-12(16)13(11)20-10-3-1-9(2-4-10)14(18)19/h1-6H,7,17H2,(H2,18,19). The molecule has 0 saturated heterocycles. The van der Waals surface area contributed by atoms with Gasteiger partial charge in [0, 0.05) is 12.1 Å². The van der Waals surface area contributed by atoms with E-state index < -0.39 is 23.3 Å². The maximum Gasteiger partial charge on any atom is 0.248 e. The van der Waals surface area contributed by atoms with Crippen LogP contribution in [0.5, 0.6) is 11.5 Å². The Hall–Kier alpha value is -2.47. The van der Waals surface area contributed by atoms with Gasteiger partial charge in [0.15, 0.2) is 17.4 Å². The lowest BCUT2D eigenvalue weighted by Gasteiger charge is -2.09.